The Morgan fingerprint density at radius 3 is 2.18 bits per heavy atom. The third-order valence-electron chi connectivity index (χ3n) is 3.68. The number of halogens is 1. The van der Waals surface area contributed by atoms with Crippen molar-refractivity contribution in [3.63, 3.8) is 0 Å². The summed E-state index contributed by atoms with van der Waals surface area (Å²) in [6, 6.07) is 26.8. The van der Waals surface area contributed by atoms with Crippen molar-refractivity contribution < 1.29 is 0 Å². The molecule has 22 heavy (non-hydrogen) atoms. The van der Waals surface area contributed by atoms with E-state index < -0.39 is 0 Å². The normalized spacial score (nSPS) is 11.0. The van der Waals surface area contributed by atoms with Crippen molar-refractivity contribution in [1.82, 2.24) is 9.55 Å². The van der Waals surface area contributed by atoms with Gasteiger partial charge in [0.25, 0.3) is 0 Å². The van der Waals surface area contributed by atoms with Crippen LogP contribution in [0.4, 0.5) is 0 Å². The van der Waals surface area contributed by atoms with E-state index in [-0.39, 0.29) is 0 Å². The summed E-state index contributed by atoms with van der Waals surface area (Å²) in [5.41, 5.74) is 4.34. The smallest absolute Gasteiger partial charge is 0.145 e. The van der Waals surface area contributed by atoms with Crippen molar-refractivity contribution in [2.75, 3.05) is 0 Å². The van der Waals surface area contributed by atoms with Crippen LogP contribution in [-0.4, -0.2) is 9.55 Å². The highest BCUT2D eigenvalue weighted by Crippen LogP contribution is 2.28. The maximum Gasteiger partial charge on any atom is 0.145 e. The van der Waals surface area contributed by atoms with E-state index >= 15 is 0 Å². The lowest BCUT2D eigenvalue weighted by Gasteiger charge is -2.09. The number of benzene rings is 3. The summed E-state index contributed by atoms with van der Waals surface area (Å²) in [7, 11) is 0. The Bertz CT molecular complexity index is 925. The van der Waals surface area contributed by atoms with Gasteiger partial charge in [-0.15, -0.1) is 0 Å². The van der Waals surface area contributed by atoms with E-state index in [1.165, 1.54) is 0 Å². The first-order valence-electron chi connectivity index (χ1n) is 7.12. The third-order valence-corrected chi connectivity index (χ3v) is 4.21. The topological polar surface area (TPSA) is 17.8 Å². The molecule has 0 bridgehead atoms. The molecule has 0 aliphatic carbocycles. The molecule has 0 amide bonds. The summed E-state index contributed by atoms with van der Waals surface area (Å²) >= 11 is 3.50. The van der Waals surface area contributed by atoms with Crippen LogP contribution in [0.15, 0.2) is 83.3 Å². The monoisotopic (exact) mass is 348 g/mol. The van der Waals surface area contributed by atoms with Gasteiger partial charge in [-0.2, -0.15) is 0 Å². The van der Waals surface area contributed by atoms with Crippen LogP contribution in [0, 0.1) is 0 Å². The highest BCUT2D eigenvalue weighted by atomic mass is 79.9. The van der Waals surface area contributed by atoms with Gasteiger partial charge in [-0.3, -0.25) is 4.57 Å². The van der Waals surface area contributed by atoms with Gasteiger partial charge in [0.15, 0.2) is 0 Å². The molecule has 2 nitrogen and oxygen atoms in total. The number of para-hydroxylation sites is 2. The summed E-state index contributed by atoms with van der Waals surface area (Å²) in [6.45, 7) is 0. The van der Waals surface area contributed by atoms with Crippen LogP contribution in [0.1, 0.15) is 0 Å². The molecule has 3 heteroatoms. The summed E-state index contributed by atoms with van der Waals surface area (Å²) in [5.74, 6) is 0.962. The maximum absolute atomic E-state index is 4.83. The van der Waals surface area contributed by atoms with Gasteiger partial charge in [-0.1, -0.05) is 58.4 Å². The van der Waals surface area contributed by atoms with Gasteiger partial charge in [0, 0.05) is 15.7 Å². The fraction of sp³-hybridized carbons (Fsp3) is 0. The Morgan fingerprint density at radius 2 is 1.41 bits per heavy atom. The van der Waals surface area contributed by atoms with E-state index in [9.17, 15) is 0 Å². The van der Waals surface area contributed by atoms with E-state index in [0.29, 0.717) is 0 Å². The van der Waals surface area contributed by atoms with Gasteiger partial charge in [0.05, 0.1) is 11.0 Å². The number of aromatic nitrogens is 2. The van der Waals surface area contributed by atoms with Crippen molar-refractivity contribution in [3.05, 3.63) is 83.3 Å². The molecule has 3 aromatic carbocycles. The van der Waals surface area contributed by atoms with Gasteiger partial charge in [-0.05, 0) is 36.4 Å². The molecule has 0 unspecified atom stereocenters. The molecule has 0 saturated carbocycles. The molecule has 0 N–H and O–H groups in total. The molecular weight excluding hydrogens is 336 g/mol. The van der Waals surface area contributed by atoms with Gasteiger partial charge < -0.3 is 0 Å². The maximum atomic E-state index is 4.83. The highest BCUT2D eigenvalue weighted by molar-refractivity contribution is 9.10. The number of nitrogens with zero attached hydrogens (tertiary/aromatic N) is 2. The lowest BCUT2D eigenvalue weighted by atomic mass is 10.2. The first-order valence-corrected chi connectivity index (χ1v) is 7.91. The van der Waals surface area contributed by atoms with E-state index in [2.05, 4.69) is 69.0 Å². The second-order valence-electron chi connectivity index (χ2n) is 5.10. The minimum Gasteiger partial charge on any atom is -0.292 e. The highest BCUT2D eigenvalue weighted by Gasteiger charge is 2.13. The average molecular weight is 349 g/mol. The molecular formula is C19H13BrN2. The van der Waals surface area contributed by atoms with Crippen LogP contribution in [0.5, 0.6) is 0 Å². The van der Waals surface area contributed by atoms with Crippen molar-refractivity contribution in [3.8, 4) is 17.1 Å². The Kier molecular flexibility index (Phi) is 3.28. The predicted molar refractivity (Wildman–Crippen MR) is 94.2 cm³/mol. The first kappa shape index (κ1) is 13.3. The fourth-order valence-electron chi connectivity index (χ4n) is 2.66. The average Bonchev–Trinajstić information content (AvgIpc) is 2.96. The summed E-state index contributed by atoms with van der Waals surface area (Å²) in [4.78, 5) is 4.83. The molecule has 0 radical (unpaired) electrons. The van der Waals surface area contributed by atoms with Crippen molar-refractivity contribution in [1.29, 1.82) is 0 Å². The molecule has 0 aliphatic rings. The van der Waals surface area contributed by atoms with Crippen molar-refractivity contribution >= 4 is 27.0 Å². The Labute approximate surface area is 137 Å². The molecule has 1 heterocycles. The summed E-state index contributed by atoms with van der Waals surface area (Å²) in [5, 5.41) is 0. The Hall–Kier alpha value is -2.39. The predicted octanol–water partition coefficient (Wildman–Crippen LogP) is 5.46. The molecule has 0 spiro atoms. The van der Waals surface area contributed by atoms with Gasteiger partial charge in [0.2, 0.25) is 0 Å². The minimum absolute atomic E-state index is 0.962. The zero-order valence-electron chi connectivity index (χ0n) is 11.8. The molecule has 0 saturated heterocycles. The van der Waals surface area contributed by atoms with Crippen LogP contribution in [-0.2, 0) is 0 Å². The molecule has 0 atom stereocenters. The molecule has 0 fully saturated rings. The van der Waals surface area contributed by atoms with Crippen LogP contribution in [0.25, 0.3) is 28.1 Å². The molecule has 106 valence electrons. The van der Waals surface area contributed by atoms with Crippen molar-refractivity contribution in [2.45, 2.75) is 0 Å². The number of fused-ring (bicyclic) bond motifs is 1. The summed E-state index contributed by atoms with van der Waals surface area (Å²) < 4.78 is 3.28. The van der Waals surface area contributed by atoms with Gasteiger partial charge in [-0.25, -0.2) is 4.98 Å². The van der Waals surface area contributed by atoms with Crippen LogP contribution < -0.4 is 0 Å². The SMILES string of the molecule is Brc1ccc(-n2c(-c3ccccc3)nc3ccccc32)cc1. The lowest BCUT2D eigenvalue weighted by Crippen LogP contribution is -1.97. The molecule has 4 aromatic rings. The summed E-state index contributed by atoms with van der Waals surface area (Å²) in [6.07, 6.45) is 0. The largest absolute Gasteiger partial charge is 0.292 e. The molecule has 1 aromatic heterocycles. The Morgan fingerprint density at radius 1 is 0.727 bits per heavy atom. The fourth-order valence-corrected chi connectivity index (χ4v) is 2.92. The van der Waals surface area contributed by atoms with Crippen LogP contribution in [0.3, 0.4) is 0 Å². The lowest BCUT2D eigenvalue weighted by molar-refractivity contribution is 1.10. The first-order chi connectivity index (χ1) is 10.8. The standard InChI is InChI=1S/C19H13BrN2/c20-15-10-12-16(13-11-15)22-18-9-5-4-8-17(18)21-19(22)14-6-2-1-3-7-14/h1-13H. The second kappa shape index (κ2) is 5.43. The second-order valence-corrected chi connectivity index (χ2v) is 6.02. The zero-order chi connectivity index (χ0) is 14.9. The van der Waals surface area contributed by atoms with E-state index in [1.54, 1.807) is 0 Å². The van der Waals surface area contributed by atoms with E-state index in [0.717, 1.165) is 32.6 Å². The molecule has 0 aliphatic heterocycles. The van der Waals surface area contributed by atoms with E-state index in [4.69, 9.17) is 4.98 Å². The molecule has 4 rings (SSSR count). The number of hydrogen-bond donors (Lipinski definition) is 0. The van der Waals surface area contributed by atoms with Crippen molar-refractivity contribution in [2.24, 2.45) is 0 Å². The van der Waals surface area contributed by atoms with Crippen LogP contribution >= 0.6 is 15.9 Å². The van der Waals surface area contributed by atoms with Gasteiger partial charge >= 0.3 is 0 Å². The third kappa shape index (κ3) is 2.24. The zero-order valence-corrected chi connectivity index (χ0v) is 13.4. The number of hydrogen-bond acceptors (Lipinski definition) is 1. The Balaban J connectivity index is 2.04. The number of rotatable bonds is 2. The quantitative estimate of drug-likeness (QED) is 0.470. The van der Waals surface area contributed by atoms with Crippen LogP contribution in [0.2, 0.25) is 0 Å². The minimum atomic E-state index is 0.962. The van der Waals surface area contributed by atoms with Gasteiger partial charge in [0.1, 0.15) is 5.82 Å². The van der Waals surface area contributed by atoms with E-state index in [1.807, 2.05) is 30.3 Å². The number of imidazole rings is 1.